The number of carbonyl (C=O) groups is 1. The number of amides is 1. The van der Waals surface area contributed by atoms with Crippen LogP contribution in [0.1, 0.15) is 45.4 Å². The van der Waals surface area contributed by atoms with Crippen molar-refractivity contribution in [1.29, 1.82) is 0 Å². The molecule has 3 N–H and O–H groups in total. The Kier molecular flexibility index (Phi) is 7.71. The zero-order valence-corrected chi connectivity index (χ0v) is 16.3. The van der Waals surface area contributed by atoms with Crippen LogP contribution in [0, 0.1) is 0 Å². The first-order chi connectivity index (χ1) is 12.4. The standard InChI is InChI=1S/C18H29N3O4S/c1-3-11-19-13-18(22)20-14-9-10-17(16(12-14)21-26(2,23)24)25-15-7-5-4-6-8-15/h9-10,12,15,19,21H,3-8,11,13H2,1-2H3,(H,20,22). The summed E-state index contributed by atoms with van der Waals surface area (Å²) in [6.45, 7) is 3.00. The summed E-state index contributed by atoms with van der Waals surface area (Å²) in [5, 5.41) is 5.79. The van der Waals surface area contributed by atoms with Crippen molar-refractivity contribution in [3.63, 3.8) is 0 Å². The van der Waals surface area contributed by atoms with Crippen molar-refractivity contribution in [2.24, 2.45) is 0 Å². The topological polar surface area (TPSA) is 96.5 Å². The van der Waals surface area contributed by atoms with Gasteiger partial charge >= 0.3 is 0 Å². The fourth-order valence-corrected chi connectivity index (χ4v) is 3.50. The summed E-state index contributed by atoms with van der Waals surface area (Å²) in [5.41, 5.74) is 0.868. The van der Waals surface area contributed by atoms with E-state index in [2.05, 4.69) is 15.4 Å². The second-order valence-electron chi connectivity index (χ2n) is 6.69. The average Bonchev–Trinajstić information content (AvgIpc) is 2.57. The average molecular weight is 384 g/mol. The molecule has 0 bridgehead atoms. The van der Waals surface area contributed by atoms with E-state index < -0.39 is 10.0 Å². The zero-order valence-electron chi connectivity index (χ0n) is 15.5. The van der Waals surface area contributed by atoms with Gasteiger partial charge in [-0.2, -0.15) is 0 Å². The highest BCUT2D eigenvalue weighted by Gasteiger charge is 2.18. The lowest BCUT2D eigenvalue weighted by molar-refractivity contribution is -0.115. The van der Waals surface area contributed by atoms with Gasteiger partial charge in [-0.05, 0) is 56.8 Å². The molecule has 8 heteroatoms. The van der Waals surface area contributed by atoms with Gasteiger partial charge in [0.1, 0.15) is 5.75 Å². The molecule has 26 heavy (non-hydrogen) atoms. The summed E-state index contributed by atoms with van der Waals surface area (Å²) >= 11 is 0. The van der Waals surface area contributed by atoms with E-state index in [1.807, 2.05) is 6.92 Å². The molecule has 0 aliphatic heterocycles. The molecule has 1 aliphatic rings. The first-order valence-corrected chi connectivity index (χ1v) is 11.1. The number of hydrogen-bond acceptors (Lipinski definition) is 5. The molecule has 0 spiro atoms. The van der Waals surface area contributed by atoms with Crippen molar-refractivity contribution in [2.45, 2.75) is 51.6 Å². The number of ether oxygens (including phenoxy) is 1. The van der Waals surface area contributed by atoms with E-state index in [1.165, 1.54) is 6.42 Å². The van der Waals surface area contributed by atoms with Crippen molar-refractivity contribution in [1.82, 2.24) is 5.32 Å². The number of benzene rings is 1. The quantitative estimate of drug-likeness (QED) is 0.570. The monoisotopic (exact) mass is 383 g/mol. The van der Waals surface area contributed by atoms with Crippen LogP contribution in [-0.2, 0) is 14.8 Å². The van der Waals surface area contributed by atoms with Crippen molar-refractivity contribution in [2.75, 3.05) is 29.4 Å². The summed E-state index contributed by atoms with van der Waals surface area (Å²) in [4.78, 5) is 11.9. The summed E-state index contributed by atoms with van der Waals surface area (Å²) in [6, 6.07) is 5.03. The number of nitrogens with one attached hydrogen (secondary N) is 3. The van der Waals surface area contributed by atoms with Crippen LogP contribution in [0.2, 0.25) is 0 Å². The summed E-state index contributed by atoms with van der Waals surface area (Å²) in [5.74, 6) is 0.314. The molecular weight excluding hydrogens is 354 g/mol. The van der Waals surface area contributed by atoms with Crippen LogP contribution in [-0.4, -0.2) is 39.8 Å². The molecule has 0 aromatic heterocycles. The van der Waals surface area contributed by atoms with Gasteiger partial charge in [-0.25, -0.2) is 8.42 Å². The van der Waals surface area contributed by atoms with E-state index in [1.54, 1.807) is 18.2 Å². The Bertz CT molecular complexity index is 700. The van der Waals surface area contributed by atoms with E-state index in [-0.39, 0.29) is 18.6 Å². The van der Waals surface area contributed by atoms with Crippen LogP contribution >= 0.6 is 0 Å². The molecule has 1 saturated carbocycles. The van der Waals surface area contributed by atoms with Crippen LogP contribution in [0.5, 0.6) is 5.75 Å². The van der Waals surface area contributed by atoms with Gasteiger partial charge in [0.2, 0.25) is 15.9 Å². The first-order valence-electron chi connectivity index (χ1n) is 9.16. The second-order valence-corrected chi connectivity index (χ2v) is 8.44. The third-order valence-electron chi connectivity index (χ3n) is 4.12. The smallest absolute Gasteiger partial charge is 0.238 e. The Morgan fingerprint density at radius 3 is 2.62 bits per heavy atom. The van der Waals surface area contributed by atoms with Crippen LogP contribution in [0.25, 0.3) is 0 Å². The van der Waals surface area contributed by atoms with Gasteiger partial charge in [-0.15, -0.1) is 0 Å². The van der Waals surface area contributed by atoms with E-state index in [0.29, 0.717) is 17.1 Å². The van der Waals surface area contributed by atoms with E-state index >= 15 is 0 Å². The highest BCUT2D eigenvalue weighted by Crippen LogP contribution is 2.32. The summed E-state index contributed by atoms with van der Waals surface area (Å²) < 4.78 is 31.9. The Hall–Kier alpha value is -1.80. The molecule has 0 atom stereocenters. The maximum absolute atomic E-state index is 11.9. The molecule has 1 aliphatic carbocycles. The Balaban J connectivity index is 2.10. The second kappa shape index (κ2) is 9.78. The normalized spacial score (nSPS) is 15.5. The lowest BCUT2D eigenvalue weighted by Crippen LogP contribution is -2.28. The highest BCUT2D eigenvalue weighted by atomic mass is 32.2. The lowest BCUT2D eigenvalue weighted by atomic mass is 9.98. The van der Waals surface area contributed by atoms with Crippen LogP contribution in [0.3, 0.4) is 0 Å². The molecule has 1 fully saturated rings. The van der Waals surface area contributed by atoms with Crippen molar-refractivity contribution in [3.8, 4) is 5.75 Å². The van der Waals surface area contributed by atoms with E-state index in [0.717, 1.165) is 44.9 Å². The van der Waals surface area contributed by atoms with Crippen molar-refractivity contribution < 1.29 is 17.9 Å². The van der Waals surface area contributed by atoms with Crippen LogP contribution in [0.4, 0.5) is 11.4 Å². The van der Waals surface area contributed by atoms with Gasteiger partial charge in [0.05, 0.1) is 24.6 Å². The molecule has 7 nitrogen and oxygen atoms in total. The minimum absolute atomic E-state index is 0.0996. The Labute approximate surface area is 155 Å². The SMILES string of the molecule is CCCNCC(=O)Nc1ccc(OC2CCCCC2)c(NS(C)(=O)=O)c1. The molecule has 0 heterocycles. The zero-order chi connectivity index (χ0) is 19.0. The van der Waals surface area contributed by atoms with Gasteiger partial charge in [-0.3, -0.25) is 9.52 Å². The maximum Gasteiger partial charge on any atom is 0.238 e. The number of anilines is 2. The third-order valence-corrected chi connectivity index (χ3v) is 4.71. The van der Waals surface area contributed by atoms with Gasteiger partial charge in [0.25, 0.3) is 0 Å². The van der Waals surface area contributed by atoms with Gasteiger partial charge in [0, 0.05) is 5.69 Å². The number of sulfonamides is 1. The third kappa shape index (κ3) is 7.21. The van der Waals surface area contributed by atoms with Gasteiger partial charge in [0.15, 0.2) is 0 Å². The van der Waals surface area contributed by atoms with Crippen LogP contribution in [0.15, 0.2) is 18.2 Å². The minimum Gasteiger partial charge on any atom is -0.488 e. The van der Waals surface area contributed by atoms with E-state index in [4.69, 9.17) is 4.74 Å². The Morgan fingerprint density at radius 2 is 1.96 bits per heavy atom. The summed E-state index contributed by atoms with van der Waals surface area (Å²) in [6.07, 6.45) is 7.55. The Morgan fingerprint density at radius 1 is 1.23 bits per heavy atom. The van der Waals surface area contributed by atoms with Crippen molar-refractivity contribution in [3.05, 3.63) is 18.2 Å². The van der Waals surface area contributed by atoms with Crippen LogP contribution < -0.4 is 20.1 Å². The molecule has 0 radical (unpaired) electrons. The number of hydrogen-bond donors (Lipinski definition) is 3. The number of carbonyl (C=O) groups excluding carboxylic acids is 1. The fraction of sp³-hybridized carbons (Fsp3) is 0.611. The largest absolute Gasteiger partial charge is 0.488 e. The molecule has 0 unspecified atom stereocenters. The fourth-order valence-electron chi connectivity index (χ4n) is 2.94. The van der Waals surface area contributed by atoms with Crippen molar-refractivity contribution >= 4 is 27.3 Å². The maximum atomic E-state index is 11.9. The molecule has 2 rings (SSSR count). The van der Waals surface area contributed by atoms with E-state index in [9.17, 15) is 13.2 Å². The molecular formula is C18H29N3O4S. The predicted octanol–water partition coefficient (Wildman–Crippen LogP) is 2.71. The minimum atomic E-state index is -3.46. The molecule has 1 amide bonds. The lowest BCUT2D eigenvalue weighted by Gasteiger charge is -2.24. The predicted molar refractivity (Wildman–Crippen MR) is 104 cm³/mol. The summed E-state index contributed by atoms with van der Waals surface area (Å²) in [7, 11) is -3.46. The molecule has 0 saturated heterocycles. The van der Waals surface area contributed by atoms with Gasteiger partial charge < -0.3 is 15.4 Å². The number of rotatable bonds is 9. The highest BCUT2D eigenvalue weighted by molar-refractivity contribution is 7.92. The molecule has 1 aromatic carbocycles. The molecule has 1 aromatic rings. The first kappa shape index (κ1) is 20.5. The van der Waals surface area contributed by atoms with Gasteiger partial charge in [-0.1, -0.05) is 13.3 Å². The molecule has 146 valence electrons.